The highest BCUT2D eigenvalue weighted by atomic mass is 15.2. The van der Waals surface area contributed by atoms with Crippen molar-refractivity contribution in [2.45, 2.75) is 58.0 Å². The van der Waals surface area contributed by atoms with E-state index < -0.39 is 0 Å². The van der Waals surface area contributed by atoms with Crippen LogP contribution in [-0.2, 0) is 0 Å². The van der Waals surface area contributed by atoms with Crippen LogP contribution in [0.1, 0.15) is 46.0 Å². The molecule has 0 spiro atoms. The molecule has 110 valence electrons. The molecule has 0 aromatic rings. The smallest absolute Gasteiger partial charge is 0.191 e. The van der Waals surface area contributed by atoms with Crippen LogP contribution >= 0.6 is 0 Å². The number of piperidine rings is 1. The molecule has 4 heteroatoms. The molecule has 0 bridgehead atoms. The Kier molecular flexibility index (Phi) is 5.49. The molecule has 1 saturated carbocycles. The predicted octanol–water partition coefficient (Wildman–Crippen LogP) is 1.82. The lowest BCUT2D eigenvalue weighted by Gasteiger charge is -2.35. The third-order valence-electron chi connectivity index (χ3n) is 4.22. The second kappa shape index (κ2) is 7.13. The number of likely N-dealkylation sites (tertiary alicyclic amines) is 1. The lowest BCUT2D eigenvalue weighted by Crippen LogP contribution is -2.52. The zero-order valence-electron chi connectivity index (χ0n) is 12.8. The van der Waals surface area contributed by atoms with Crippen LogP contribution in [0.15, 0.2) is 4.99 Å². The first-order chi connectivity index (χ1) is 9.17. The molecule has 0 radical (unpaired) electrons. The summed E-state index contributed by atoms with van der Waals surface area (Å²) < 4.78 is 0. The number of aliphatic imine (C=N–C) groups is 1. The van der Waals surface area contributed by atoms with Gasteiger partial charge in [-0.2, -0.15) is 0 Å². The van der Waals surface area contributed by atoms with Crippen molar-refractivity contribution >= 4 is 5.96 Å². The summed E-state index contributed by atoms with van der Waals surface area (Å²) in [4.78, 5) is 6.94. The molecule has 0 aromatic carbocycles. The summed E-state index contributed by atoms with van der Waals surface area (Å²) in [5.41, 5.74) is 0. The van der Waals surface area contributed by atoms with Gasteiger partial charge >= 0.3 is 0 Å². The second-order valence-electron chi connectivity index (χ2n) is 6.46. The molecule has 19 heavy (non-hydrogen) atoms. The van der Waals surface area contributed by atoms with Gasteiger partial charge in [0.2, 0.25) is 0 Å². The van der Waals surface area contributed by atoms with Crippen molar-refractivity contribution in [1.82, 2.24) is 15.5 Å². The largest absolute Gasteiger partial charge is 0.354 e. The van der Waals surface area contributed by atoms with E-state index >= 15 is 0 Å². The zero-order valence-corrected chi connectivity index (χ0v) is 12.8. The third kappa shape index (κ3) is 4.68. The predicted molar refractivity (Wildman–Crippen MR) is 81.6 cm³/mol. The summed E-state index contributed by atoms with van der Waals surface area (Å²) in [6, 6.07) is 1.25. The van der Waals surface area contributed by atoms with Crippen LogP contribution in [0.3, 0.4) is 0 Å². The van der Waals surface area contributed by atoms with Gasteiger partial charge in [0.15, 0.2) is 5.96 Å². The summed E-state index contributed by atoms with van der Waals surface area (Å²) in [6.45, 7) is 8.28. The van der Waals surface area contributed by atoms with Crippen molar-refractivity contribution in [3.05, 3.63) is 0 Å². The SMILES string of the molecule is CN=C(NC1CCC1)NC1CCN(CC(C)C)CC1. The molecule has 2 N–H and O–H groups in total. The first-order valence-electron chi connectivity index (χ1n) is 7.89. The number of nitrogens with zero attached hydrogens (tertiary/aromatic N) is 2. The van der Waals surface area contributed by atoms with Crippen LogP contribution < -0.4 is 10.6 Å². The first kappa shape index (κ1) is 14.6. The van der Waals surface area contributed by atoms with Crippen LogP contribution in [-0.4, -0.2) is 49.6 Å². The minimum absolute atomic E-state index is 0.592. The molecule has 2 rings (SSSR count). The highest BCUT2D eigenvalue weighted by Crippen LogP contribution is 2.18. The topological polar surface area (TPSA) is 39.7 Å². The van der Waals surface area contributed by atoms with Gasteiger partial charge in [-0.05, 0) is 38.0 Å². The summed E-state index contributed by atoms with van der Waals surface area (Å²) in [7, 11) is 1.88. The van der Waals surface area contributed by atoms with E-state index in [2.05, 4.69) is 34.4 Å². The lowest BCUT2D eigenvalue weighted by atomic mass is 9.93. The molecule has 0 aromatic heterocycles. The van der Waals surface area contributed by atoms with Crippen molar-refractivity contribution in [3.8, 4) is 0 Å². The zero-order chi connectivity index (χ0) is 13.7. The number of hydrogen-bond donors (Lipinski definition) is 2. The summed E-state index contributed by atoms with van der Waals surface area (Å²) in [5.74, 6) is 1.78. The van der Waals surface area contributed by atoms with Gasteiger partial charge < -0.3 is 15.5 Å². The number of nitrogens with one attached hydrogen (secondary N) is 2. The average molecular weight is 266 g/mol. The maximum Gasteiger partial charge on any atom is 0.191 e. The number of guanidine groups is 1. The fourth-order valence-corrected chi connectivity index (χ4v) is 2.89. The van der Waals surface area contributed by atoms with E-state index in [0.29, 0.717) is 12.1 Å². The Bertz CT molecular complexity index is 289. The lowest BCUT2D eigenvalue weighted by molar-refractivity contribution is 0.186. The molecule has 2 aliphatic rings. The summed E-state index contributed by atoms with van der Waals surface area (Å²) in [5, 5.41) is 7.11. The van der Waals surface area contributed by atoms with Gasteiger partial charge in [-0.25, -0.2) is 0 Å². The van der Waals surface area contributed by atoms with Crippen LogP contribution in [0.5, 0.6) is 0 Å². The van der Waals surface area contributed by atoms with Crippen LogP contribution in [0.4, 0.5) is 0 Å². The minimum Gasteiger partial charge on any atom is -0.354 e. The van der Waals surface area contributed by atoms with Crippen molar-refractivity contribution in [2.75, 3.05) is 26.7 Å². The molecule has 1 heterocycles. The Morgan fingerprint density at radius 2 is 1.68 bits per heavy atom. The normalized spacial score (nSPS) is 23.5. The fraction of sp³-hybridized carbons (Fsp3) is 0.933. The van der Waals surface area contributed by atoms with Gasteiger partial charge in [-0.1, -0.05) is 13.8 Å². The number of hydrogen-bond acceptors (Lipinski definition) is 2. The summed E-state index contributed by atoms with van der Waals surface area (Å²) >= 11 is 0. The monoisotopic (exact) mass is 266 g/mol. The molecular weight excluding hydrogens is 236 g/mol. The van der Waals surface area contributed by atoms with E-state index in [-0.39, 0.29) is 0 Å². The molecule has 0 unspecified atom stereocenters. The van der Waals surface area contributed by atoms with Crippen molar-refractivity contribution in [1.29, 1.82) is 0 Å². The van der Waals surface area contributed by atoms with Crippen LogP contribution in [0.25, 0.3) is 0 Å². The molecular formula is C15H30N4. The Labute approximate surface area is 118 Å². The fourth-order valence-electron chi connectivity index (χ4n) is 2.89. The van der Waals surface area contributed by atoms with E-state index in [9.17, 15) is 0 Å². The minimum atomic E-state index is 0.592. The molecule has 4 nitrogen and oxygen atoms in total. The van der Waals surface area contributed by atoms with Gasteiger partial charge in [-0.3, -0.25) is 4.99 Å². The molecule has 1 saturated heterocycles. The van der Waals surface area contributed by atoms with E-state index in [1.54, 1.807) is 0 Å². The maximum absolute atomic E-state index is 4.35. The maximum atomic E-state index is 4.35. The Hall–Kier alpha value is -0.770. The number of rotatable bonds is 4. The van der Waals surface area contributed by atoms with E-state index in [4.69, 9.17) is 0 Å². The van der Waals surface area contributed by atoms with E-state index in [1.165, 1.54) is 51.7 Å². The highest BCUT2D eigenvalue weighted by Gasteiger charge is 2.22. The Morgan fingerprint density at radius 3 is 2.11 bits per heavy atom. The van der Waals surface area contributed by atoms with Crippen molar-refractivity contribution in [2.24, 2.45) is 10.9 Å². The quantitative estimate of drug-likeness (QED) is 0.602. The van der Waals surface area contributed by atoms with Gasteiger partial charge in [-0.15, -0.1) is 0 Å². The van der Waals surface area contributed by atoms with Crippen LogP contribution in [0.2, 0.25) is 0 Å². The van der Waals surface area contributed by atoms with E-state index in [1.807, 2.05) is 7.05 Å². The Balaban J connectivity index is 1.68. The summed E-state index contributed by atoms with van der Waals surface area (Å²) in [6.07, 6.45) is 6.43. The second-order valence-corrected chi connectivity index (χ2v) is 6.46. The molecule has 0 atom stereocenters. The van der Waals surface area contributed by atoms with Gasteiger partial charge in [0, 0.05) is 38.8 Å². The average Bonchev–Trinajstić information content (AvgIpc) is 2.33. The Morgan fingerprint density at radius 1 is 1.11 bits per heavy atom. The van der Waals surface area contributed by atoms with Crippen molar-refractivity contribution < 1.29 is 0 Å². The third-order valence-corrected chi connectivity index (χ3v) is 4.22. The van der Waals surface area contributed by atoms with Crippen LogP contribution in [0, 0.1) is 5.92 Å². The standard InChI is InChI=1S/C15H30N4/c1-12(2)11-19-9-7-14(8-10-19)18-15(16-3)17-13-5-4-6-13/h12-14H,4-11H2,1-3H3,(H2,16,17,18). The van der Waals surface area contributed by atoms with Gasteiger partial charge in [0.25, 0.3) is 0 Å². The molecule has 1 aliphatic heterocycles. The molecule has 2 fully saturated rings. The van der Waals surface area contributed by atoms with Gasteiger partial charge in [0.1, 0.15) is 0 Å². The molecule has 0 amide bonds. The van der Waals surface area contributed by atoms with Crippen molar-refractivity contribution in [3.63, 3.8) is 0 Å². The first-order valence-corrected chi connectivity index (χ1v) is 7.89. The highest BCUT2D eigenvalue weighted by molar-refractivity contribution is 5.80. The van der Waals surface area contributed by atoms with Gasteiger partial charge in [0.05, 0.1) is 0 Å². The van der Waals surface area contributed by atoms with E-state index in [0.717, 1.165) is 11.9 Å². The molecule has 1 aliphatic carbocycles.